The van der Waals surface area contributed by atoms with E-state index in [1.165, 1.54) is 0 Å². The Balaban J connectivity index is 2.44. The molecule has 0 amide bonds. The van der Waals surface area contributed by atoms with E-state index in [-0.39, 0.29) is 5.97 Å². The molecule has 0 N–H and O–H groups in total. The van der Waals surface area contributed by atoms with Crippen LogP contribution in [-0.4, -0.2) is 13.1 Å². The molecule has 0 radical (unpaired) electrons. The Hall–Kier alpha value is -2.03. The summed E-state index contributed by atoms with van der Waals surface area (Å²) in [5.74, 6) is 0.327. The number of esters is 1. The summed E-state index contributed by atoms with van der Waals surface area (Å²) in [5.41, 5.74) is 1.47. The smallest absolute Gasteiger partial charge is 0.342 e. The topological polar surface area (TPSA) is 35.5 Å². The van der Waals surface area contributed by atoms with Crippen molar-refractivity contribution in [1.29, 1.82) is 0 Å². The monoisotopic (exact) mass is 214 g/mol. The third kappa shape index (κ3) is 1.11. The van der Waals surface area contributed by atoms with Crippen molar-refractivity contribution < 1.29 is 14.3 Å². The molecule has 0 unspecified atom stereocenters. The van der Waals surface area contributed by atoms with E-state index >= 15 is 0 Å². The van der Waals surface area contributed by atoms with Crippen LogP contribution in [0.1, 0.15) is 15.9 Å². The quantitative estimate of drug-likeness (QED) is 0.684. The number of carbonyl (C=O) groups excluding carboxylic acids is 1. The van der Waals surface area contributed by atoms with E-state index in [9.17, 15) is 4.79 Å². The number of benzene rings is 2. The van der Waals surface area contributed by atoms with Crippen molar-refractivity contribution in [2.45, 2.75) is 6.61 Å². The predicted molar refractivity (Wildman–Crippen MR) is 59.6 cm³/mol. The fourth-order valence-electron chi connectivity index (χ4n) is 2.14. The predicted octanol–water partition coefficient (Wildman–Crippen LogP) is 2.52. The van der Waals surface area contributed by atoms with Crippen LogP contribution in [0.25, 0.3) is 10.8 Å². The molecule has 3 nitrogen and oxygen atoms in total. The molecule has 2 aromatic carbocycles. The van der Waals surface area contributed by atoms with Crippen LogP contribution in [0.3, 0.4) is 0 Å². The second-order valence-corrected chi connectivity index (χ2v) is 3.74. The van der Waals surface area contributed by atoms with Crippen molar-refractivity contribution in [2.75, 3.05) is 7.11 Å². The van der Waals surface area contributed by atoms with Gasteiger partial charge in [-0.3, -0.25) is 0 Å². The van der Waals surface area contributed by atoms with E-state index in [1.807, 2.05) is 30.3 Å². The van der Waals surface area contributed by atoms with Gasteiger partial charge in [0, 0.05) is 10.9 Å². The Labute approximate surface area is 92.6 Å². The Morgan fingerprint density at radius 3 is 2.94 bits per heavy atom. The van der Waals surface area contributed by atoms with Gasteiger partial charge in [-0.2, -0.15) is 0 Å². The summed E-state index contributed by atoms with van der Waals surface area (Å²) in [5, 5.41) is 2.01. The number of fused-ring (bicyclic) bond motifs is 2. The lowest BCUT2D eigenvalue weighted by molar-refractivity contribution is 0.0533. The third-order valence-electron chi connectivity index (χ3n) is 2.85. The SMILES string of the molecule is COc1c2c(cc3ccccc13)COC2=O. The number of cyclic esters (lactones) is 1. The average Bonchev–Trinajstić information content (AvgIpc) is 2.68. The van der Waals surface area contributed by atoms with Gasteiger partial charge in [-0.25, -0.2) is 4.79 Å². The molecule has 1 heterocycles. The summed E-state index contributed by atoms with van der Waals surface area (Å²) < 4.78 is 10.4. The number of rotatable bonds is 1. The molecule has 0 fully saturated rings. The highest BCUT2D eigenvalue weighted by Gasteiger charge is 2.27. The lowest BCUT2D eigenvalue weighted by Gasteiger charge is -2.08. The van der Waals surface area contributed by atoms with Crippen LogP contribution in [0.2, 0.25) is 0 Å². The highest BCUT2D eigenvalue weighted by Crippen LogP contribution is 2.36. The molecule has 80 valence electrons. The zero-order valence-corrected chi connectivity index (χ0v) is 8.82. The van der Waals surface area contributed by atoms with Crippen LogP contribution in [0.15, 0.2) is 30.3 Å². The molecule has 16 heavy (non-hydrogen) atoms. The van der Waals surface area contributed by atoms with Crippen LogP contribution in [0, 0.1) is 0 Å². The first-order valence-corrected chi connectivity index (χ1v) is 5.07. The van der Waals surface area contributed by atoms with E-state index < -0.39 is 0 Å². The summed E-state index contributed by atoms with van der Waals surface area (Å²) in [4.78, 5) is 11.6. The molecular formula is C13H10O3. The first-order valence-electron chi connectivity index (χ1n) is 5.07. The highest BCUT2D eigenvalue weighted by molar-refractivity contribution is 6.04. The first-order chi connectivity index (χ1) is 7.81. The second-order valence-electron chi connectivity index (χ2n) is 3.74. The van der Waals surface area contributed by atoms with Crippen molar-refractivity contribution in [3.05, 3.63) is 41.5 Å². The molecule has 3 heteroatoms. The Morgan fingerprint density at radius 1 is 1.31 bits per heavy atom. The fraction of sp³-hybridized carbons (Fsp3) is 0.154. The van der Waals surface area contributed by atoms with Crippen LogP contribution in [-0.2, 0) is 11.3 Å². The molecule has 0 bridgehead atoms. The minimum Gasteiger partial charge on any atom is -0.495 e. The van der Waals surface area contributed by atoms with Gasteiger partial charge in [0.25, 0.3) is 0 Å². The number of hydrogen-bond donors (Lipinski definition) is 0. The molecule has 0 saturated carbocycles. The molecule has 1 aliphatic rings. The summed E-state index contributed by atoms with van der Waals surface area (Å²) in [6, 6.07) is 9.82. The molecule has 1 aliphatic heterocycles. The van der Waals surface area contributed by atoms with E-state index in [1.54, 1.807) is 7.11 Å². The van der Waals surface area contributed by atoms with E-state index in [2.05, 4.69) is 0 Å². The maximum absolute atomic E-state index is 11.6. The lowest BCUT2D eigenvalue weighted by Crippen LogP contribution is -1.99. The average molecular weight is 214 g/mol. The zero-order valence-electron chi connectivity index (χ0n) is 8.82. The van der Waals surface area contributed by atoms with E-state index in [4.69, 9.17) is 9.47 Å². The number of methoxy groups -OCH3 is 1. The van der Waals surface area contributed by atoms with Gasteiger partial charge in [-0.15, -0.1) is 0 Å². The fourth-order valence-corrected chi connectivity index (χ4v) is 2.14. The summed E-state index contributed by atoms with van der Waals surface area (Å²) in [7, 11) is 1.58. The van der Waals surface area contributed by atoms with Crippen molar-refractivity contribution in [3.8, 4) is 5.75 Å². The third-order valence-corrected chi connectivity index (χ3v) is 2.85. The lowest BCUT2D eigenvalue weighted by atomic mass is 10.0. The number of ether oxygens (including phenoxy) is 2. The highest BCUT2D eigenvalue weighted by atomic mass is 16.5. The molecule has 0 aliphatic carbocycles. The molecular weight excluding hydrogens is 204 g/mol. The molecule has 0 aromatic heterocycles. The van der Waals surface area contributed by atoms with Gasteiger partial charge in [-0.05, 0) is 11.5 Å². The molecule has 0 saturated heterocycles. The molecule has 0 spiro atoms. The van der Waals surface area contributed by atoms with E-state index in [0.29, 0.717) is 17.9 Å². The van der Waals surface area contributed by atoms with Crippen LogP contribution < -0.4 is 4.74 Å². The van der Waals surface area contributed by atoms with Crippen LogP contribution in [0.4, 0.5) is 0 Å². The Kier molecular flexibility index (Phi) is 1.86. The molecule has 2 aromatic rings. The van der Waals surface area contributed by atoms with Gasteiger partial charge in [0.15, 0.2) is 0 Å². The Morgan fingerprint density at radius 2 is 2.12 bits per heavy atom. The van der Waals surface area contributed by atoms with Crippen molar-refractivity contribution >= 4 is 16.7 Å². The van der Waals surface area contributed by atoms with Crippen molar-refractivity contribution in [1.82, 2.24) is 0 Å². The Bertz CT molecular complexity index is 587. The van der Waals surface area contributed by atoms with Crippen LogP contribution in [0.5, 0.6) is 5.75 Å². The number of carbonyl (C=O) groups is 1. The summed E-state index contributed by atoms with van der Waals surface area (Å²) in [6.07, 6.45) is 0. The van der Waals surface area contributed by atoms with Gasteiger partial charge >= 0.3 is 5.97 Å². The first kappa shape index (κ1) is 9.21. The summed E-state index contributed by atoms with van der Waals surface area (Å²) >= 11 is 0. The normalized spacial score (nSPS) is 13.7. The molecule has 3 rings (SSSR count). The van der Waals surface area contributed by atoms with Crippen molar-refractivity contribution in [3.63, 3.8) is 0 Å². The van der Waals surface area contributed by atoms with Crippen molar-refractivity contribution in [2.24, 2.45) is 0 Å². The van der Waals surface area contributed by atoms with Gasteiger partial charge in [0.2, 0.25) is 0 Å². The van der Waals surface area contributed by atoms with Crippen LogP contribution >= 0.6 is 0 Å². The van der Waals surface area contributed by atoms with Gasteiger partial charge in [0.1, 0.15) is 17.9 Å². The standard InChI is InChI=1S/C13H10O3/c1-15-12-10-5-3-2-4-8(10)6-9-7-16-13(14)11(9)12/h2-6H,7H2,1H3. The second kappa shape index (κ2) is 3.23. The van der Waals surface area contributed by atoms with Gasteiger partial charge < -0.3 is 9.47 Å². The van der Waals surface area contributed by atoms with Gasteiger partial charge in [-0.1, -0.05) is 24.3 Å². The minimum atomic E-state index is -0.294. The number of hydrogen-bond acceptors (Lipinski definition) is 3. The zero-order chi connectivity index (χ0) is 11.1. The van der Waals surface area contributed by atoms with E-state index in [0.717, 1.165) is 16.3 Å². The minimum absolute atomic E-state index is 0.294. The maximum atomic E-state index is 11.6. The molecule has 0 atom stereocenters. The van der Waals surface area contributed by atoms with Gasteiger partial charge in [0.05, 0.1) is 7.11 Å². The maximum Gasteiger partial charge on any atom is 0.342 e. The largest absolute Gasteiger partial charge is 0.495 e. The summed E-state index contributed by atoms with van der Waals surface area (Å²) in [6.45, 7) is 0.343.